The van der Waals surface area contributed by atoms with Crippen LogP contribution in [0.15, 0.2) is 30.6 Å². The minimum atomic E-state index is -0.989. The van der Waals surface area contributed by atoms with Gasteiger partial charge in [0.1, 0.15) is 23.5 Å². The van der Waals surface area contributed by atoms with Crippen molar-refractivity contribution in [2.24, 2.45) is 5.92 Å². The second-order valence-electron chi connectivity index (χ2n) is 11.1. The lowest BCUT2D eigenvalue weighted by Gasteiger charge is -2.35. The van der Waals surface area contributed by atoms with E-state index in [9.17, 15) is 19.6 Å². The Bertz CT molecular complexity index is 1280. The van der Waals surface area contributed by atoms with Crippen LogP contribution in [0.2, 0.25) is 0 Å². The molecule has 2 aliphatic rings. The van der Waals surface area contributed by atoms with Gasteiger partial charge in [0, 0.05) is 32.8 Å². The monoisotopic (exact) mass is 524 g/mol. The van der Waals surface area contributed by atoms with Crippen molar-refractivity contribution in [1.82, 2.24) is 24.9 Å². The Morgan fingerprint density at radius 1 is 1.29 bits per heavy atom. The number of halogens is 1. The molecular formula is C27H33FN6O4. The number of fused-ring (bicyclic) bond motifs is 2. The third kappa shape index (κ3) is 5.64. The SMILES string of the molecule is CN(C)C(=O)c1cnn(-c2ccc(C[C@@H](C#N)NC(=O)[C@@H]3[C@H]4CC[C@H](C4)N3C(=O)OC(C)(C)C)c(F)c2)c1. The summed E-state index contributed by atoms with van der Waals surface area (Å²) in [5.74, 6) is -1.22. The van der Waals surface area contributed by atoms with Crippen molar-refractivity contribution in [1.29, 1.82) is 5.26 Å². The molecule has 2 heterocycles. The summed E-state index contributed by atoms with van der Waals surface area (Å²) in [5.41, 5.74) is 0.331. The van der Waals surface area contributed by atoms with E-state index in [1.807, 2.05) is 6.07 Å². The first-order chi connectivity index (χ1) is 17.9. The predicted molar refractivity (Wildman–Crippen MR) is 136 cm³/mol. The number of rotatable bonds is 6. The summed E-state index contributed by atoms with van der Waals surface area (Å²) in [4.78, 5) is 41.2. The topological polar surface area (TPSA) is 121 Å². The van der Waals surface area contributed by atoms with Crippen LogP contribution < -0.4 is 5.32 Å². The van der Waals surface area contributed by atoms with Gasteiger partial charge in [-0.25, -0.2) is 13.9 Å². The molecule has 0 unspecified atom stereocenters. The first-order valence-electron chi connectivity index (χ1n) is 12.6. The third-order valence-corrected chi connectivity index (χ3v) is 6.89. The van der Waals surface area contributed by atoms with Crippen molar-refractivity contribution in [2.45, 2.75) is 70.2 Å². The molecule has 1 aromatic carbocycles. The molecule has 0 radical (unpaired) electrons. The van der Waals surface area contributed by atoms with Crippen LogP contribution in [0.5, 0.6) is 0 Å². The van der Waals surface area contributed by atoms with Gasteiger partial charge in [-0.05, 0) is 63.6 Å². The Balaban J connectivity index is 1.44. The number of ether oxygens (including phenoxy) is 1. The molecule has 1 aliphatic heterocycles. The van der Waals surface area contributed by atoms with E-state index in [-0.39, 0.29) is 29.9 Å². The number of amides is 3. The van der Waals surface area contributed by atoms with Gasteiger partial charge in [-0.3, -0.25) is 14.5 Å². The highest BCUT2D eigenvalue weighted by Crippen LogP contribution is 2.43. The third-order valence-electron chi connectivity index (χ3n) is 6.89. The van der Waals surface area contributed by atoms with Gasteiger partial charge in [-0.1, -0.05) is 6.07 Å². The lowest BCUT2D eigenvalue weighted by Crippen LogP contribution is -2.55. The number of aromatic nitrogens is 2. The molecule has 11 heteroatoms. The summed E-state index contributed by atoms with van der Waals surface area (Å²) in [7, 11) is 3.26. The van der Waals surface area contributed by atoms with Crippen molar-refractivity contribution >= 4 is 17.9 Å². The van der Waals surface area contributed by atoms with Crippen LogP contribution in [0.4, 0.5) is 9.18 Å². The van der Waals surface area contributed by atoms with Gasteiger partial charge in [0.05, 0.1) is 23.5 Å². The normalized spacial score (nSPS) is 21.1. The van der Waals surface area contributed by atoms with Gasteiger partial charge in [0.2, 0.25) is 5.91 Å². The number of nitrogens with zero attached hydrogens (tertiary/aromatic N) is 5. The predicted octanol–water partition coefficient (Wildman–Crippen LogP) is 3.05. The fraction of sp³-hybridized carbons (Fsp3) is 0.519. The second-order valence-corrected chi connectivity index (χ2v) is 11.1. The first-order valence-corrected chi connectivity index (χ1v) is 12.6. The van der Waals surface area contributed by atoms with Crippen molar-refractivity contribution in [3.8, 4) is 11.8 Å². The molecular weight excluding hydrogens is 491 g/mol. The van der Waals surface area contributed by atoms with Gasteiger partial charge >= 0.3 is 6.09 Å². The molecule has 0 spiro atoms. The lowest BCUT2D eigenvalue weighted by molar-refractivity contribution is -0.128. The lowest BCUT2D eigenvalue weighted by atomic mass is 9.97. The van der Waals surface area contributed by atoms with Crippen molar-refractivity contribution in [3.05, 3.63) is 47.5 Å². The molecule has 1 aromatic heterocycles. The molecule has 1 saturated carbocycles. The molecule has 1 saturated heterocycles. The molecule has 1 aliphatic carbocycles. The number of likely N-dealkylation sites (tertiary alicyclic amines) is 1. The molecule has 2 fully saturated rings. The Kier molecular flexibility index (Phi) is 7.44. The fourth-order valence-corrected chi connectivity index (χ4v) is 5.19. The number of carbonyl (C=O) groups excluding carboxylic acids is 3. The van der Waals surface area contributed by atoms with Gasteiger partial charge < -0.3 is 15.0 Å². The molecule has 2 bridgehead atoms. The summed E-state index contributed by atoms with van der Waals surface area (Å²) in [5, 5.41) is 16.6. The second kappa shape index (κ2) is 10.4. The van der Waals surface area contributed by atoms with Crippen LogP contribution in [0.25, 0.3) is 5.69 Å². The van der Waals surface area contributed by atoms with Crippen LogP contribution in [-0.2, 0) is 16.0 Å². The molecule has 202 valence electrons. The summed E-state index contributed by atoms with van der Waals surface area (Å²) in [6.07, 6.45) is 4.70. The highest BCUT2D eigenvalue weighted by molar-refractivity contribution is 5.93. The molecule has 38 heavy (non-hydrogen) atoms. The highest BCUT2D eigenvalue weighted by Gasteiger charge is 2.52. The van der Waals surface area contributed by atoms with Crippen molar-refractivity contribution in [3.63, 3.8) is 0 Å². The van der Waals surface area contributed by atoms with E-state index in [1.165, 1.54) is 39.0 Å². The van der Waals surface area contributed by atoms with E-state index in [4.69, 9.17) is 4.74 Å². The maximum Gasteiger partial charge on any atom is 0.411 e. The number of piperidine rings is 1. The number of benzene rings is 1. The number of carbonyl (C=O) groups is 3. The molecule has 2 aromatic rings. The quantitative estimate of drug-likeness (QED) is 0.620. The number of hydrogen-bond donors (Lipinski definition) is 1. The molecule has 10 nitrogen and oxygen atoms in total. The maximum absolute atomic E-state index is 15.0. The van der Waals surface area contributed by atoms with E-state index in [0.29, 0.717) is 11.3 Å². The van der Waals surface area contributed by atoms with Gasteiger partial charge in [-0.15, -0.1) is 0 Å². The van der Waals surface area contributed by atoms with E-state index in [2.05, 4.69) is 10.4 Å². The largest absolute Gasteiger partial charge is 0.444 e. The summed E-state index contributed by atoms with van der Waals surface area (Å²) < 4.78 is 21.9. The first kappa shape index (κ1) is 27.1. The van der Waals surface area contributed by atoms with Crippen LogP contribution in [0.1, 0.15) is 56.0 Å². The Morgan fingerprint density at radius 3 is 2.66 bits per heavy atom. The standard InChI is InChI=1S/C27H33FN6O4/c1-27(2,3)38-26(37)34-21-9-7-17(11-21)23(34)24(35)31-19(13-29)10-16-6-8-20(12-22(16)28)33-15-18(14-30-33)25(36)32(4)5/h6,8,12,14-15,17,19,21,23H,7,9-11H2,1-5H3,(H,31,35)/t17-,19-,21+,23-/m0/s1. The molecule has 4 atom stereocenters. The summed E-state index contributed by atoms with van der Waals surface area (Å²) in [6, 6.07) is 4.69. The summed E-state index contributed by atoms with van der Waals surface area (Å²) >= 11 is 0. The minimum Gasteiger partial charge on any atom is -0.444 e. The molecule has 1 N–H and O–H groups in total. The van der Waals surface area contributed by atoms with Crippen molar-refractivity contribution < 1.29 is 23.5 Å². The van der Waals surface area contributed by atoms with E-state index < -0.39 is 35.5 Å². The number of hydrogen-bond acceptors (Lipinski definition) is 6. The number of nitrogens with one attached hydrogen (secondary N) is 1. The smallest absolute Gasteiger partial charge is 0.411 e. The van der Waals surface area contributed by atoms with E-state index >= 15 is 4.39 Å². The molecule has 3 amide bonds. The zero-order chi connectivity index (χ0) is 27.8. The van der Waals surface area contributed by atoms with Crippen LogP contribution in [-0.4, -0.2) is 75.3 Å². The zero-order valence-corrected chi connectivity index (χ0v) is 22.3. The van der Waals surface area contributed by atoms with E-state index in [0.717, 1.165) is 19.3 Å². The van der Waals surface area contributed by atoms with Crippen molar-refractivity contribution in [2.75, 3.05) is 14.1 Å². The van der Waals surface area contributed by atoms with Crippen LogP contribution >= 0.6 is 0 Å². The maximum atomic E-state index is 15.0. The average molecular weight is 525 g/mol. The Labute approximate surface area is 221 Å². The fourth-order valence-electron chi connectivity index (χ4n) is 5.19. The Morgan fingerprint density at radius 2 is 2.03 bits per heavy atom. The van der Waals surface area contributed by atoms with Crippen LogP contribution in [0.3, 0.4) is 0 Å². The highest BCUT2D eigenvalue weighted by atomic mass is 19.1. The molecule has 4 rings (SSSR count). The zero-order valence-electron chi connectivity index (χ0n) is 22.3. The summed E-state index contributed by atoms with van der Waals surface area (Å²) in [6.45, 7) is 5.32. The number of nitriles is 1. The minimum absolute atomic E-state index is 0.00113. The van der Waals surface area contributed by atoms with Gasteiger partial charge in [-0.2, -0.15) is 10.4 Å². The van der Waals surface area contributed by atoms with Gasteiger partial charge in [0.15, 0.2) is 0 Å². The van der Waals surface area contributed by atoms with Crippen LogP contribution in [0, 0.1) is 23.1 Å². The Hall–Kier alpha value is -3.94. The van der Waals surface area contributed by atoms with Gasteiger partial charge in [0.25, 0.3) is 5.91 Å². The average Bonchev–Trinajstić information content (AvgIpc) is 3.59. The van der Waals surface area contributed by atoms with E-state index in [1.54, 1.807) is 40.9 Å².